The summed E-state index contributed by atoms with van der Waals surface area (Å²) in [4.78, 5) is 28.8. The van der Waals surface area contributed by atoms with Crippen LogP contribution in [0.4, 0.5) is 0 Å². The average Bonchev–Trinajstić information content (AvgIpc) is 3.31. The van der Waals surface area contributed by atoms with Crippen LogP contribution in [0.25, 0.3) is 10.2 Å². The van der Waals surface area contributed by atoms with E-state index in [0.29, 0.717) is 32.0 Å². The summed E-state index contributed by atoms with van der Waals surface area (Å²) in [5.74, 6) is 0.639. The molecule has 0 aromatic carbocycles. The van der Waals surface area contributed by atoms with E-state index >= 15 is 0 Å². The van der Waals surface area contributed by atoms with Crippen LogP contribution in [-0.2, 0) is 16.1 Å². The van der Waals surface area contributed by atoms with Crippen molar-refractivity contribution in [2.75, 3.05) is 19.8 Å². The van der Waals surface area contributed by atoms with Crippen molar-refractivity contribution >= 4 is 33.4 Å². The van der Waals surface area contributed by atoms with E-state index < -0.39 is 5.54 Å². The van der Waals surface area contributed by atoms with Gasteiger partial charge in [0, 0.05) is 25.8 Å². The minimum atomic E-state index is -0.909. The van der Waals surface area contributed by atoms with Gasteiger partial charge in [0.2, 0.25) is 5.91 Å². The number of hydrogen-bond acceptors (Lipinski definition) is 4. The van der Waals surface area contributed by atoms with Crippen molar-refractivity contribution in [3.05, 3.63) is 23.2 Å². The van der Waals surface area contributed by atoms with Gasteiger partial charge in [-0.05, 0) is 69.4 Å². The van der Waals surface area contributed by atoms with Gasteiger partial charge in [-0.15, -0.1) is 11.3 Å². The van der Waals surface area contributed by atoms with Gasteiger partial charge < -0.3 is 19.5 Å². The van der Waals surface area contributed by atoms with E-state index in [2.05, 4.69) is 12.2 Å². The van der Waals surface area contributed by atoms with E-state index in [4.69, 9.17) is 4.74 Å². The molecule has 0 saturated heterocycles. The standard InChI is InChI=1S/C23H33N3O3S/c1-4-29-12-5-11-26-21(27)19-14-20-18(10-13-30-20)25(19)15-23(26,3)22(28)24-17-8-6-16(2)7-9-17/h10,13-14,16-17H,4-9,11-12,15H2,1-3H3,(H,24,28)/t16?,17?,23-/m0/s1. The number of carbonyl (C=O) groups is 2. The Morgan fingerprint density at radius 2 is 2.10 bits per heavy atom. The molecule has 2 aromatic rings. The highest BCUT2D eigenvalue weighted by atomic mass is 32.1. The number of fused-ring (bicyclic) bond motifs is 3. The number of nitrogens with zero attached hydrogens (tertiary/aromatic N) is 2. The molecular weight excluding hydrogens is 398 g/mol. The van der Waals surface area contributed by atoms with E-state index in [9.17, 15) is 9.59 Å². The first-order valence-corrected chi connectivity index (χ1v) is 12.1. The van der Waals surface area contributed by atoms with Crippen LogP contribution in [0.2, 0.25) is 0 Å². The molecule has 4 rings (SSSR count). The Labute approximate surface area is 182 Å². The van der Waals surface area contributed by atoms with Gasteiger partial charge in [-0.3, -0.25) is 9.59 Å². The van der Waals surface area contributed by atoms with Crippen molar-refractivity contribution in [3.63, 3.8) is 0 Å². The zero-order chi connectivity index (χ0) is 21.3. The zero-order valence-corrected chi connectivity index (χ0v) is 19.1. The van der Waals surface area contributed by atoms with E-state index in [1.165, 1.54) is 0 Å². The van der Waals surface area contributed by atoms with Crippen LogP contribution in [0.3, 0.4) is 0 Å². The molecule has 7 heteroatoms. The fourth-order valence-electron chi connectivity index (χ4n) is 4.84. The van der Waals surface area contributed by atoms with Crippen molar-refractivity contribution in [1.82, 2.24) is 14.8 Å². The predicted octanol–water partition coefficient (Wildman–Crippen LogP) is 4.04. The van der Waals surface area contributed by atoms with Gasteiger partial charge in [0.05, 0.1) is 16.8 Å². The minimum absolute atomic E-state index is 0.0328. The highest BCUT2D eigenvalue weighted by Gasteiger charge is 2.48. The first kappa shape index (κ1) is 21.4. The number of carbonyl (C=O) groups excluding carboxylic acids is 2. The third-order valence-corrected chi connectivity index (χ3v) is 7.62. The summed E-state index contributed by atoms with van der Waals surface area (Å²) in [7, 11) is 0. The Morgan fingerprint density at radius 1 is 1.33 bits per heavy atom. The number of hydrogen-bond donors (Lipinski definition) is 1. The Kier molecular flexibility index (Phi) is 6.21. The average molecular weight is 432 g/mol. The molecule has 2 aromatic heterocycles. The molecule has 0 unspecified atom stereocenters. The number of rotatable bonds is 7. The summed E-state index contributed by atoms with van der Waals surface area (Å²) in [5.41, 5.74) is 0.820. The van der Waals surface area contributed by atoms with E-state index in [1.807, 2.05) is 35.9 Å². The van der Waals surface area contributed by atoms with Crippen molar-refractivity contribution in [3.8, 4) is 0 Å². The molecule has 1 N–H and O–H groups in total. The summed E-state index contributed by atoms with van der Waals surface area (Å²) in [6.07, 6.45) is 5.06. The van der Waals surface area contributed by atoms with E-state index in [-0.39, 0.29) is 17.9 Å². The van der Waals surface area contributed by atoms with Crippen molar-refractivity contribution in [1.29, 1.82) is 0 Å². The Morgan fingerprint density at radius 3 is 2.83 bits per heavy atom. The number of nitrogens with one attached hydrogen (secondary N) is 1. The molecule has 2 amide bonds. The number of thiophene rings is 1. The molecule has 6 nitrogen and oxygen atoms in total. The van der Waals surface area contributed by atoms with Gasteiger partial charge in [-0.2, -0.15) is 0 Å². The fourth-order valence-corrected chi connectivity index (χ4v) is 5.66. The first-order valence-electron chi connectivity index (χ1n) is 11.2. The van der Waals surface area contributed by atoms with Gasteiger partial charge in [0.15, 0.2) is 0 Å². The predicted molar refractivity (Wildman–Crippen MR) is 120 cm³/mol. The largest absolute Gasteiger partial charge is 0.382 e. The van der Waals surface area contributed by atoms with Crippen LogP contribution in [0, 0.1) is 5.92 Å². The second-order valence-corrected chi connectivity index (χ2v) is 9.94. The lowest BCUT2D eigenvalue weighted by Crippen LogP contribution is -2.65. The maximum absolute atomic E-state index is 13.6. The Bertz CT molecular complexity index is 912. The zero-order valence-electron chi connectivity index (χ0n) is 18.3. The topological polar surface area (TPSA) is 63.6 Å². The molecule has 30 heavy (non-hydrogen) atoms. The molecule has 1 aliphatic carbocycles. The maximum Gasteiger partial charge on any atom is 0.271 e. The smallest absolute Gasteiger partial charge is 0.271 e. The monoisotopic (exact) mass is 431 g/mol. The molecule has 1 atom stereocenters. The SMILES string of the molecule is CCOCCCN1C(=O)c2cc3sccc3n2C[C@@]1(C)C(=O)NC1CCC(C)CC1. The third-order valence-electron chi connectivity index (χ3n) is 6.76. The van der Waals surface area contributed by atoms with Crippen molar-refractivity contribution in [2.24, 2.45) is 5.92 Å². The molecule has 2 aliphatic rings. The highest BCUT2D eigenvalue weighted by Crippen LogP contribution is 2.35. The van der Waals surface area contributed by atoms with Crippen molar-refractivity contribution in [2.45, 2.75) is 71.0 Å². The highest BCUT2D eigenvalue weighted by molar-refractivity contribution is 7.17. The van der Waals surface area contributed by atoms with Crippen LogP contribution >= 0.6 is 11.3 Å². The second-order valence-electron chi connectivity index (χ2n) is 9.00. The molecule has 1 saturated carbocycles. The second kappa shape index (κ2) is 8.71. The Balaban J connectivity index is 1.60. The van der Waals surface area contributed by atoms with Crippen LogP contribution in [0.1, 0.15) is 63.4 Å². The lowest BCUT2D eigenvalue weighted by atomic mass is 9.86. The lowest BCUT2D eigenvalue weighted by molar-refractivity contribution is -0.134. The van der Waals surface area contributed by atoms with Crippen LogP contribution in [0.5, 0.6) is 0 Å². The molecule has 3 heterocycles. The van der Waals surface area contributed by atoms with E-state index in [1.54, 1.807) is 16.2 Å². The van der Waals surface area contributed by atoms with Gasteiger partial charge in [0.1, 0.15) is 11.2 Å². The Hall–Kier alpha value is -1.86. The molecule has 164 valence electrons. The fraction of sp³-hybridized carbons (Fsp3) is 0.652. The first-order chi connectivity index (χ1) is 14.4. The minimum Gasteiger partial charge on any atom is -0.382 e. The van der Waals surface area contributed by atoms with Crippen molar-refractivity contribution < 1.29 is 14.3 Å². The lowest BCUT2D eigenvalue weighted by Gasteiger charge is -2.45. The molecule has 0 spiro atoms. The van der Waals surface area contributed by atoms with Crippen LogP contribution in [0.15, 0.2) is 17.5 Å². The van der Waals surface area contributed by atoms with Gasteiger partial charge in [0.25, 0.3) is 5.91 Å². The molecule has 1 fully saturated rings. The summed E-state index contributed by atoms with van der Waals surface area (Å²) < 4.78 is 8.62. The van der Waals surface area contributed by atoms with E-state index in [0.717, 1.165) is 48.2 Å². The number of aromatic nitrogens is 1. The van der Waals surface area contributed by atoms with Gasteiger partial charge >= 0.3 is 0 Å². The summed E-state index contributed by atoms with van der Waals surface area (Å²) in [6.45, 7) is 8.42. The molecule has 0 radical (unpaired) electrons. The quantitative estimate of drug-likeness (QED) is 0.673. The molecule has 0 bridgehead atoms. The maximum atomic E-state index is 13.6. The molecule has 1 aliphatic heterocycles. The normalized spacial score (nSPS) is 26.8. The third kappa shape index (κ3) is 3.89. The van der Waals surface area contributed by atoms with Gasteiger partial charge in [-0.25, -0.2) is 0 Å². The number of amides is 2. The summed E-state index contributed by atoms with van der Waals surface area (Å²) >= 11 is 1.63. The number of ether oxygens (including phenoxy) is 1. The van der Waals surface area contributed by atoms with Gasteiger partial charge in [-0.1, -0.05) is 6.92 Å². The summed E-state index contributed by atoms with van der Waals surface area (Å²) in [6, 6.07) is 4.22. The molecular formula is C23H33N3O3S. The van der Waals surface area contributed by atoms with Crippen LogP contribution < -0.4 is 5.32 Å². The van der Waals surface area contributed by atoms with Crippen LogP contribution in [-0.4, -0.2) is 52.6 Å². The summed E-state index contributed by atoms with van der Waals surface area (Å²) in [5, 5.41) is 5.33.